The van der Waals surface area contributed by atoms with Gasteiger partial charge in [-0.3, -0.25) is 4.72 Å². The Hall–Kier alpha value is -2.27. The van der Waals surface area contributed by atoms with Crippen LogP contribution in [0.2, 0.25) is 0 Å². The van der Waals surface area contributed by atoms with Gasteiger partial charge in [0.2, 0.25) is 5.89 Å². The fourth-order valence-corrected chi connectivity index (χ4v) is 3.50. The molecule has 3 aromatic rings. The summed E-state index contributed by atoms with van der Waals surface area (Å²) in [5, 5.41) is 11.6. The van der Waals surface area contributed by atoms with E-state index in [0.717, 1.165) is 10.0 Å². The van der Waals surface area contributed by atoms with E-state index < -0.39 is 10.0 Å². The molecule has 1 N–H and O–H groups in total. The molecule has 9 nitrogen and oxygen atoms in total. The van der Waals surface area contributed by atoms with Gasteiger partial charge in [0.15, 0.2) is 11.6 Å². The molecule has 132 valence electrons. The summed E-state index contributed by atoms with van der Waals surface area (Å²) in [5.74, 6) is 1.03. The first-order valence-electron chi connectivity index (χ1n) is 7.24. The number of rotatable bonds is 5. The lowest BCUT2D eigenvalue weighted by Gasteiger charge is -2.08. The molecular weight excluding hydrogens is 412 g/mol. The summed E-state index contributed by atoms with van der Waals surface area (Å²) in [7, 11) is -3.77. The van der Waals surface area contributed by atoms with Crippen LogP contribution in [0.1, 0.15) is 23.0 Å². The molecule has 2 aromatic heterocycles. The maximum Gasteiger partial charge on any atom is 0.263 e. The number of sulfonamides is 1. The summed E-state index contributed by atoms with van der Waals surface area (Å²) in [6, 6.07) is 4.78. The number of hydrogen-bond donors (Lipinski definition) is 1. The Morgan fingerprint density at radius 1 is 1.28 bits per heavy atom. The van der Waals surface area contributed by atoms with Gasteiger partial charge in [0.1, 0.15) is 6.54 Å². The molecule has 0 bridgehead atoms. The molecule has 0 fully saturated rings. The van der Waals surface area contributed by atoms with E-state index in [0.29, 0.717) is 17.4 Å². The maximum absolute atomic E-state index is 12.5. The lowest BCUT2D eigenvalue weighted by molar-refractivity contribution is 0.384. The highest BCUT2D eigenvalue weighted by Gasteiger charge is 2.20. The third kappa shape index (κ3) is 3.71. The molecule has 11 heteroatoms. The Labute approximate surface area is 152 Å². The summed E-state index contributed by atoms with van der Waals surface area (Å²) < 4.78 is 34.8. The van der Waals surface area contributed by atoms with Crippen molar-refractivity contribution in [1.82, 2.24) is 25.1 Å². The van der Waals surface area contributed by atoms with Crippen molar-refractivity contribution in [3.05, 3.63) is 45.6 Å². The molecular formula is C14H15BrN6O3S. The Morgan fingerprint density at radius 3 is 2.68 bits per heavy atom. The minimum absolute atomic E-state index is 0.149. The summed E-state index contributed by atoms with van der Waals surface area (Å²) in [4.78, 5) is 4.24. The van der Waals surface area contributed by atoms with Crippen molar-refractivity contribution in [2.45, 2.75) is 32.2 Å². The highest BCUT2D eigenvalue weighted by molar-refractivity contribution is 9.10. The van der Waals surface area contributed by atoms with Gasteiger partial charge in [-0.1, -0.05) is 26.3 Å². The van der Waals surface area contributed by atoms with Crippen LogP contribution in [-0.2, 0) is 16.6 Å². The lowest BCUT2D eigenvalue weighted by Crippen LogP contribution is -2.14. The smallest absolute Gasteiger partial charge is 0.263 e. The Kier molecular flexibility index (Phi) is 4.60. The first kappa shape index (κ1) is 17.5. The molecule has 0 aliphatic heterocycles. The quantitative estimate of drug-likeness (QED) is 0.664. The summed E-state index contributed by atoms with van der Waals surface area (Å²) in [6.07, 6.45) is 0. The van der Waals surface area contributed by atoms with Crippen molar-refractivity contribution in [2.75, 3.05) is 4.72 Å². The van der Waals surface area contributed by atoms with Gasteiger partial charge in [0.25, 0.3) is 10.0 Å². The lowest BCUT2D eigenvalue weighted by atomic mass is 10.2. The van der Waals surface area contributed by atoms with Gasteiger partial charge in [-0.15, -0.1) is 5.10 Å². The van der Waals surface area contributed by atoms with Crippen LogP contribution in [0.5, 0.6) is 0 Å². The maximum atomic E-state index is 12.5. The van der Waals surface area contributed by atoms with Crippen LogP contribution in [0.15, 0.2) is 32.1 Å². The van der Waals surface area contributed by atoms with E-state index in [9.17, 15) is 8.42 Å². The molecule has 0 radical (unpaired) electrons. The SMILES string of the molecule is Cc1nc(Cn2nnc(NS(=O)(=O)c3ccc(Br)c(C)c3)c2C)no1. The van der Waals surface area contributed by atoms with Crippen LogP contribution in [0, 0.1) is 20.8 Å². The Morgan fingerprint density at radius 2 is 2.04 bits per heavy atom. The monoisotopic (exact) mass is 426 g/mol. The van der Waals surface area contributed by atoms with Crippen LogP contribution in [-0.4, -0.2) is 33.6 Å². The molecule has 0 spiro atoms. The zero-order chi connectivity index (χ0) is 18.2. The van der Waals surface area contributed by atoms with Gasteiger partial charge >= 0.3 is 0 Å². The molecule has 3 rings (SSSR count). The van der Waals surface area contributed by atoms with Gasteiger partial charge in [0.05, 0.1) is 10.6 Å². The predicted octanol–water partition coefficient (Wildman–Crippen LogP) is 2.20. The number of aromatic nitrogens is 5. The standard InChI is InChI=1S/C14H15BrN6O3S/c1-8-6-11(4-5-12(8)15)25(22,23)19-14-9(2)21(20-17-14)7-13-16-10(3)24-18-13/h4-6,19H,7H2,1-3H3. The van der Waals surface area contributed by atoms with Gasteiger partial charge in [-0.25, -0.2) is 13.1 Å². The summed E-state index contributed by atoms with van der Waals surface area (Å²) >= 11 is 3.35. The van der Waals surface area contributed by atoms with Crippen molar-refractivity contribution in [1.29, 1.82) is 0 Å². The summed E-state index contributed by atoms with van der Waals surface area (Å²) in [6.45, 7) is 5.44. The molecule has 2 heterocycles. The third-order valence-corrected chi connectivity index (χ3v) is 5.74. The fourth-order valence-electron chi connectivity index (χ4n) is 2.11. The van der Waals surface area contributed by atoms with Crippen molar-refractivity contribution in [2.24, 2.45) is 0 Å². The number of aryl methyl sites for hydroxylation is 2. The molecule has 0 aliphatic rings. The number of anilines is 1. The second kappa shape index (κ2) is 6.56. The molecule has 0 atom stereocenters. The number of hydrogen-bond acceptors (Lipinski definition) is 7. The highest BCUT2D eigenvalue weighted by Crippen LogP contribution is 2.22. The van der Waals surface area contributed by atoms with E-state index in [1.165, 1.54) is 10.7 Å². The molecule has 25 heavy (non-hydrogen) atoms. The van der Waals surface area contributed by atoms with Crippen molar-refractivity contribution >= 4 is 31.8 Å². The molecule has 0 saturated carbocycles. The molecule has 0 amide bonds. The predicted molar refractivity (Wildman–Crippen MR) is 92.6 cm³/mol. The van der Waals surface area contributed by atoms with Crippen molar-refractivity contribution < 1.29 is 12.9 Å². The molecule has 0 aliphatic carbocycles. The van der Waals surface area contributed by atoms with Crippen LogP contribution in [0.4, 0.5) is 5.82 Å². The third-order valence-electron chi connectivity index (χ3n) is 3.51. The topological polar surface area (TPSA) is 116 Å². The van der Waals surface area contributed by atoms with Gasteiger partial charge in [0, 0.05) is 11.4 Å². The Balaban J connectivity index is 1.84. The second-order valence-corrected chi connectivity index (χ2v) is 7.96. The van der Waals surface area contributed by atoms with E-state index in [1.807, 2.05) is 6.92 Å². The minimum atomic E-state index is -3.77. The van der Waals surface area contributed by atoms with Crippen LogP contribution >= 0.6 is 15.9 Å². The normalized spacial score (nSPS) is 11.7. The van der Waals surface area contributed by atoms with Crippen LogP contribution in [0.25, 0.3) is 0 Å². The van der Waals surface area contributed by atoms with Crippen molar-refractivity contribution in [3.8, 4) is 0 Å². The van der Waals surface area contributed by atoms with E-state index in [-0.39, 0.29) is 17.3 Å². The van der Waals surface area contributed by atoms with E-state index in [2.05, 4.69) is 41.1 Å². The summed E-state index contributed by atoms with van der Waals surface area (Å²) in [5.41, 5.74) is 1.36. The average Bonchev–Trinajstić information content (AvgIpc) is 3.10. The largest absolute Gasteiger partial charge is 0.340 e. The fraction of sp³-hybridized carbons (Fsp3) is 0.286. The van der Waals surface area contributed by atoms with Crippen LogP contribution < -0.4 is 4.72 Å². The van der Waals surface area contributed by atoms with Crippen LogP contribution in [0.3, 0.4) is 0 Å². The number of nitrogens with zero attached hydrogens (tertiary/aromatic N) is 5. The zero-order valence-electron chi connectivity index (χ0n) is 13.7. The first-order chi connectivity index (χ1) is 11.8. The molecule has 0 saturated heterocycles. The number of benzene rings is 1. The molecule has 1 aromatic carbocycles. The Bertz CT molecular complexity index is 1030. The number of nitrogens with one attached hydrogen (secondary N) is 1. The van der Waals surface area contributed by atoms with Gasteiger partial charge in [-0.2, -0.15) is 4.98 Å². The van der Waals surface area contributed by atoms with Gasteiger partial charge < -0.3 is 4.52 Å². The van der Waals surface area contributed by atoms with E-state index in [1.54, 1.807) is 26.0 Å². The average molecular weight is 427 g/mol. The first-order valence-corrected chi connectivity index (χ1v) is 9.52. The highest BCUT2D eigenvalue weighted by atomic mass is 79.9. The molecule has 0 unspecified atom stereocenters. The second-order valence-electron chi connectivity index (χ2n) is 5.43. The zero-order valence-corrected chi connectivity index (χ0v) is 16.1. The van der Waals surface area contributed by atoms with Gasteiger partial charge in [-0.05, 0) is 37.6 Å². The minimum Gasteiger partial charge on any atom is -0.340 e. The van der Waals surface area contributed by atoms with E-state index >= 15 is 0 Å². The van der Waals surface area contributed by atoms with E-state index in [4.69, 9.17) is 4.52 Å². The number of halogens is 1. The van der Waals surface area contributed by atoms with Crippen molar-refractivity contribution in [3.63, 3.8) is 0 Å².